The van der Waals surface area contributed by atoms with Crippen molar-refractivity contribution in [2.75, 3.05) is 11.9 Å². The third-order valence-electron chi connectivity index (χ3n) is 3.95. The smallest absolute Gasteiger partial charge is 0.253 e. The lowest BCUT2D eigenvalue weighted by molar-refractivity contribution is 0.0951. The van der Waals surface area contributed by atoms with E-state index in [-0.39, 0.29) is 11.9 Å². The van der Waals surface area contributed by atoms with Gasteiger partial charge in [0.05, 0.1) is 11.3 Å². The monoisotopic (exact) mass is 295 g/mol. The highest BCUT2D eigenvalue weighted by atomic mass is 16.1. The van der Waals surface area contributed by atoms with E-state index in [4.69, 9.17) is 5.73 Å². The van der Waals surface area contributed by atoms with E-state index in [0.29, 0.717) is 18.0 Å². The highest BCUT2D eigenvalue weighted by molar-refractivity contribution is 6.00. The van der Waals surface area contributed by atoms with E-state index in [9.17, 15) is 4.79 Å². The van der Waals surface area contributed by atoms with Gasteiger partial charge < -0.3 is 16.4 Å². The van der Waals surface area contributed by atoms with Crippen LogP contribution < -0.4 is 16.4 Å². The first-order valence-corrected chi connectivity index (χ1v) is 7.69. The molecule has 2 aromatic rings. The van der Waals surface area contributed by atoms with E-state index < -0.39 is 0 Å². The molecular weight excluding hydrogens is 274 g/mol. The average Bonchev–Trinajstić information content (AvgIpc) is 3.39. The van der Waals surface area contributed by atoms with Crippen molar-refractivity contribution in [1.82, 2.24) is 5.32 Å². The van der Waals surface area contributed by atoms with Crippen molar-refractivity contribution in [3.63, 3.8) is 0 Å². The molecule has 114 valence electrons. The molecule has 0 radical (unpaired) electrons. The number of amides is 1. The van der Waals surface area contributed by atoms with Gasteiger partial charge in [-0.1, -0.05) is 30.3 Å². The molecule has 0 aliphatic heterocycles. The molecule has 1 unspecified atom stereocenters. The number of carbonyl (C=O) groups is 1. The van der Waals surface area contributed by atoms with E-state index in [1.165, 1.54) is 12.8 Å². The molecule has 1 atom stereocenters. The van der Waals surface area contributed by atoms with Gasteiger partial charge >= 0.3 is 0 Å². The third-order valence-corrected chi connectivity index (χ3v) is 3.95. The Bertz CT molecular complexity index is 638. The first kappa shape index (κ1) is 14.6. The molecule has 0 bridgehead atoms. The molecule has 3 rings (SSSR count). The fraction of sp³-hybridized carbons (Fsp3) is 0.278. The summed E-state index contributed by atoms with van der Waals surface area (Å²) in [6, 6.07) is 17.4. The van der Waals surface area contributed by atoms with Crippen LogP contribution >= 0.6 is 0 Å². The zero-order chi connectivity index (χ0) is 15.4. The van der Waals surface area contributed by atoms with Crippen molar-refractivity contribution < 1.29 is 4.79 Å². The van der Waals surface area contributed by atoms with Gasteiger partial charge in [-0.2, -0.15) is 0 Å². The molecule has 1 amide bonds. The van der Waals surface area contributed by atoms with Crippen molar-refractivity contribution >= 4 is 17.3 Å². The van der Waals surface area contributed by atoms with E-state index >= 15 is 0 Å². The highest BCUT2D eigenvalue weighted by Gasteiger charge is 2.28. The zero-order valence-electron chi connectivity index (χ0n) is 12.5. The molecular formula is C18H21N3O. The number of rotatable bonds is 6. The van der Waals surface area contributed by atoms with Crippen LogP contribution in [0.4, 0.5) is 11.4 Å². The SMILES string of the molecule is NC(CNC(=O)c1ccccc1Nc1ccccc1)C1CC1. The van der Waals surface area contributed by atoms with Crippen LogP contribution in [0.5, 0.6) is 0 Å². The number of hydrogen-bond acceptors (Lipinski definition) is 3. The number of nitrogens with one attached hydrogen (secondary N) is 2. The first-order valence-electron chi connectivity index (χ1n) is 7.69. The topological polar surface area (TPSA) is 67.1 Å². The van der Waals surface area contributed by atoms with Crippen LogP contribution in [0.15, 0.2) is 54.6 Å². The summed E-state index contributed by atoms with van der Waals surface area (Å²) in [5, 5.41) is 6.23. The van der Waals surface area contributed by atoms with E-state index in [2.05, 4.69) is 10.6 Å². The molecule has 2 aromatic carbocycles. The van der Waals surface area contributed by atoms with Gasteiger partial charge in [0.25, 0.3) is 5.91 Å². The molecule has 0 heterocycles. The van der Waals surface area contributed by atoms with Gasteiger partial charge in [-0.05, 0) is 43.0 Å². The molecule has 4 heteroatoms. The number of benzene rings is 2. The van der Waals surface area contributed by atoms with Gasteiger partial charge in [0.15, 0.2) is 0 Å². The fourth-order valence-electron chi connectivity index (χ4n) is 2.46. The van der Waals surface area contributed by atoms with Crippen LogP contribution in [0, 0.1) is 5.92 Å². The Morgan fingerprint density at radius 3 is 2.50 bits per heavy atom. The minimum Gasteiger partial charge on any atom is -0.355 e. The normalized spacial score (nSPS) is 15.1. The largest absolute Gasteiger partial charge is 0.355 e. The number of para-hydroxylation sites is 2. The summed E-state index contributed by atoms with van der Waals surface area (Å²) in [6.45, 7) is 0.531. The summed E-state index contributed by atoms with van der Waals surface area (Å²) in [4.78, 5) is 12.4. The Labute approximate surface area is 130 Å². The minimum atomic E-state index is -0.0878. The molecule has 1 fully saturated rings. The molecule has 4 N–H and O–H groups in total. The third kappa shape index (κ3) is 3.65. The van der Waals surface area contributed by atoms with Crippen LogP contribution in [0.1, 0.15) is 23.2 Å². The summed E-state index contributed by atoms with van der Waals surface area (Å²) in [7, 11) is 0. The maximum absolute atomic E-state index is 12.4. The van der Waals surface area contributed by atoms with Crippen molar-refractivity contribution in [3.05, 3.63) is 60.2 Å². The quantitative estimate of drug-likeness (QED) is 0.767. The Morgan fingerprint density at radius 1 is 1.09 bits per heavy atom. The second-order valence-corrected chi connectivity index (χ2v) is 5.75. The summed E-state index contributed by atoms with van der Waals surface area (Å²) in [5.74, 6) is 0.494. The lowest BCUT2D eigenvalue weighted by Crippen LogP contribution is -2.38. The van der Waals surface area contributed by atoms with Crippen LogP contribution in [0.25, 0.3) is 0 Å². The molecule has 1 aliphatic carbocycles. The van der Waals surface area contributed by atoms with Gasteiger partial charge in [0.1, 0.15) is 0 Å². The zero-order valence-corrected chi connectivity index (χ0v) is 12.5. The van der Waals surface area contributed by atoms with Gasteiger partial charge in [-0.15, -0.1) is 0 Å². The summed E-state index contributed by atoms with van der Waals surface area (Å²) >= 11 is 0. The molecule has 22 heavy (non-hydrogen) atoms. The van der Waals surface area contributed by atoms with Gasteiger partial charge in [-0.3, -0.25) is 4.79 Å². The minimum absolute atomic E-state index is 0.0678. The van der Waals surface area contributed by atoms with E-state index in [1.54, 1.807) is 0 Å². The summed E-state index contributed by atoms with van der Waals surface area (Å²) in [6.07, 6.45) is 2.37. The van der Waals surface area contributed by atoms with Crippen molar-refractivity contribution in [3.8, 4) is 0 Å². The predicted molar refractivity (Wildman–Crippen MR) is 89.2 cm³/mol. The van der Waals surface area contributed by atoms with Crippen molar-refractivity contribution in [2.24, 2.45) is 11.7 Å². The van der Waals surface area contributed by atoms with Crippen molar-refractivity contribution in [1.29, 1.82) is 0 Å². The lowest BCUT2D eigenvalue weighted by atomic mass is 10.1. The van der Waals surface area contributed by atoms with Gasteiger partial charge in [0, 0.05) is 18.3 Å². The van der Waals surface area contributed by atoms with E-state index in [1.807, 2.05) is 54.6 Å². The summed E-state index contributed by atoms with van der Waals surface area (Å²) < 4.78 is 0. The first-order chi connectivity index (χ1) is 10.7. The number of nitrogens with two attached hydrogens (primary N) is 1. The molecule has 4 nitrogen and oxygen atoms in total. The van der Waals surface area contributed by atoms with E-state index in [0.717, 1.165) is 11.4 Å². The maximum Gasteiger partial charge on any atom is 0.253 e. The van der Waals surface area contributed by atoms with Crippen LogP contribution in [0.3, 0.4) is 0 Å². The van der Waals surface area contributed by atoms with Crippen LogP contribution in [-0.2, 0) is 0 Å². The number of anilines is 2. The summed E-state index contributed by atoms with van der Waals surface area (Å²) in [5.41, 5.74) is 8.42. The van der Waals surface area contributed by atoms with Crippen LogP contribution in [-0.4, -0.2) is 18.5 Å². The van der Waals surface area contributed by atoms with Crippen LogP contribution in [0.2, 0.25) is 0 Å². The molecule has 1 aliphatic rings. The second kappa shape index (κ2) is 6.62. The number of carbonyl (C=O) groups excluding carboxylic acids is 1. The molecule has 0 aromatic heterocycles. The molecule has 0 spiro atoms. The standard InChI is InChI=1S/C18H21N3O/c19-16(13-10-11-13)12-20-18(22)15-8-4-5-9-17(15)21-14-6-2-1-3-7-14/h1-9,13,16,21H,10-12,19H2,(H,20,22). The Balaban J connectivity index is 1.68. The Morgan fingerprint density at radius 2 is 1.77 bits per heavy atom. The van der Waals surface area contributed by atoms with Crippen molar-refractivity contribution in [2.45, 2.75) is 18.9 Å². The van der Waals surface area contributed by atoms with Gasteiger partial charge in [0.2, 0.25) is 0 Å². The fourth-order valence-corrected chi connectivity index (χ4v) is 2.46. The average molecular weight is 295 g/mol. The Kier molecular flexibility index (Phi) is 4.39. The number of hydrogen-bond donors (Lipinski definition) is 3. The lowest BCUT2D eigenvalue weighted by Gasteiger charge is -2.14. The van der Waals surface area contributed by atoms with Gasteiger partial charge in [-0.25, -0.2) is 0 Å². The maximum atomic E-state index is 12.4. The highest BCUT2D eigenvalue weighted by Crippen LogP contribution is 2.31. The molecule has 0 saturated heterocycles. The second-order valence-electron chi connectivity index (χ2n) is 5.75. The Hall–Kier alpha value is -2.33. The predicted octanol–water partition coefficient (Wildman–Crippen LogP) is 2.90. The molecule has 1 saturated carbocycles.